The van der Waals surface area contributed by atoms with Crippen molar-refractivity contribution in [3.8, 4) is 0 Å². The van der Waals surface area contributed by atoms with Crippen LogP contribution >= 0.6 is 11.6 Å². The van der Waals surface area contributed by atoms with E-state index in [0.29, 0.717) is 10.9 Å². The molecule has 1 saturated heterocycles. The number of carbonyl (C=O) groups excluding carboxylic acids is 1. The van der Waals surface area contributed by atoms with Gasteiger partial charge in [0.1, 0.15) is 6.29 Å². The van der Waals surface area contributed by atoms with Gasteiger partial charge in [-0.25, -0.2) is 9.97 Å². The molecular weight excluding hydrogens is 262 g/mol. The summed E-state index contributed by atoms with van der Waals surface area (Å²) in [5, 5.41) is 0.577. The van der Waals surface area contributed by atoms with Crippen molar-refractivity contribution in [3.63, 3.8) is 0 Å². The van der Waals surface area contributed by atoms with E-state index in [2.05, 4.69) is 14.9 Å². The Morgan fingerprint density at radius 3 is 2.63 bits per heavy atom. The molecule has 0 N–H and O–H groups in total. The molecule has 3 rings (SSSR count). The van der Waals surface area contributed by atoms with Gasteiger partial charge in [-0.15, -0.1) is 0 Å². The van der Waals surface area contributed by atoms with E-state index in [1.807, 2.05) is 0 Å². The summed E-state index contributed by atoms with van der Waals surface area (Å²) in [6.07, 6.45) is 8.75. The summed E-state index contributed by atoms with van der Waals surface area (Å²) in [4.78, 5) is 21.3. The number of hydrogen-bond acceptors (Lipinski definition) is 4. The summed E-state index contributed by atoms with van der Waals surface area (Å²) in [7, 11) is 0. The smallest absolute Gasteiger partial charge is 0.225 e. The van der Waals surface area contributed by atoms with E-state index in [1.165, 1.54) is 19.3 Å². The molecule has 19 heavy (non-hydrogen) atoms. The topological polar surface area (TPSA) is 46.1 Å². The fraction of sp³-hybridized carbons (Fsp3) is 0.643. The Hall–Kier alpha value is -1.16. The number of rotatable bonds is 4. The van der Waals surface area contributed by atoms with Crippen molar-refractivity contribution in [2.75, 3.05) is 18.0 Å². The predicted octanol–water partition coefficient (Wildman–Crippen LogP) is 2.57. The van der Waals surface area contributed by atoms with Gasteiger partial charge in [-0.05, 0) is 37.0 Å². The minimum Gasteiger partial charge on any atom is -0.341 e. The number of anilines is 1. The highest BCUT2D eigenvalue weighted by molar-refractivity contribution is 6.30. The minimum atomic E-state index is 0.577. The van der Waals surface area contributed by atoms with Crippen molar-refractivity contribution in [1.82, 2.24) is 9.97 Å². The lowest BCUT2D eigenvalue weighted by Crippen LogP contribution is -2.35. The third-order valence-corrected chi connectivity index (χ3v) is 4.61. The molecule has 0 spiro atoms. The van der Waals surface area contributed by atoms with Crippen LogP contribution in [0.5, 0.6) is 0 Å². The lowest BCUT2D eigenvalue weighted by molar-refractivity contribution is -0.108. The molecule has 1 aliphatic heterocycles. The van der Waals surface area contributed by atoms with Crippen molar-refractivity contribution in [1.29, 1.82) is 0 Å². The summed E-state index contributed by atoms with van der Waals surface area (Å²) >= 11 is 5.80. The summed E-state index contributed by atoms with van der Waals surface area (Å²) in [5.74, 6) is 3.02. The first-order valence-corrected chi connectivity index (χ1v) is 7.32. The van der Waals surface area contributed by atoms with E-state index in [9.17, 15) is 4.79 Å². The molecule has 0 aromatic carbocycles. The van der Waals surface area contributed by atoms with Crippen LogP contribution in [0, 0.1) is 17.8 Å². The van der Waals surface area contributed by atoms with E-state index in [4.69, 9.17) is 11.6 Å². The maximum absolute atomic E-state index is 10.5. The van der Waals surface area contributed by atoms with Gasteiger partial charge >= 0.3 is 0 Å². The Morgan fingerprint density at radius 2 is 2.00 bits per heavy atom. The van der Waals surface area contributed by atoms with E-state index >= 15 is 0 Å². The summed E-state index contributed by atoms with van der Waals surface area (Å²) in [5.41, 5.74) is 0. The van der Waals surface area contributed by atoms with Gasteiger partial charge < -0.3 is 9.69 Å². The molecule has 0 amide bonds. The van der Waals surface area contributed by atoms with Gasteiger partial charge in [0, 0.05) is 19.5 Å². The highest BCUT2D eigenvalue weighted by Crippen LogP contribution is 2.49. The molecular formula is C14H18ClN3O. The molecule has 1 aromatic rings. The number of halogens is 1. The number of carbonyl (C=O) groups is 1. The van der Waals surface area contributed by atoms with E-state index < -0.39 is 0 Å². The fourth-order valence-corrected chi connectivity index (χ4v) is 3.34. The highest BCUT2D eigenvalue weighted by Gasteiger charge is 2.43. The number of piperidine rings is 1. The molecule has 2 unspecified atom stereocenters. The fourth-order valence-electron chi connectivity index (χ4n) is 3.24. The first-order valence-electron chi connectivity index (χ1n) is 6.94. The highest BCUT2D eigenvalue weighted by atomic mass is 35.5. The van der Waals surface area contributed by atoms with Gasteiger partial charge in [-0.2, -0.15) is 0 Å². The zero-order chi connectivity index (χ0) is 13.2. The molecule has 5 heteroatoms. The molecule has 1 aliphatic carbocycles. The number of aromatic nitrogens is 2. The predicted molar refractivity (Wildman–Crippen MR) is 74.3 cm³/mol. The lowest BCUT2D eigenvalue weighted by Gasteiger charge is -2.32. The first-order chi connectivity index (χ1) is 9.28. The Bertz CT molecular complexity index is 443. The molecule has 4 nitrogen and oxygen atoms in total. The number of nitrogens with zero attached hydrogens (tertiary/aromatic N) is 3. The SMILES string of the molecule is O=CCC1CC1C1CCN(c2ncc(Cl)cn2)CC1. The van der Waals surface area contributed by atoms with Crippen LogP contribution in [0.3, 0.4) is 0 Å². The molecule has 2 aliphatic rings. The van der Waals surface area contributed by atoms with Crippen LogP contribution in [-0.4, -0.2) is 29.3 Å². The standard InChI is InChI=1S/C14H18ClN3O/c15-12-8-16-14(17-9-12)18-4-1-10(2-5-18)13-7-11(13)3-6-19/h6,8-11,13H,1-5,7H2. The molecule has 102 valence electrons. The van der Waals surface area contributed by atoms with E-state index in [0.717, 1.165) is 43.6 Å². The van der Waals surface area contributed by atoms with Crippen LogP contribution in [-0.2, 0) is 4.79 Å². The quantitative estimate of drug-likeness (QED) is 0.795. The second kappa shape index (κ2) is 5.45. The molecule has 0 bridgehead atoms. The first kappa shape index (κ1) is 12.9. The molecule has 0 radical (unpaired) electrons. The van der Waals surface area contributed by atoms with Crippen LogP contribution in [0.2, 0.25) is 5.02 Å². The van der Waals surface area contributed by atoms with E-state index in [-0.39, 0.29) is 0 Å². The normalized spacial score (nSPS) is 27.3. The van der Waals surface area contributed by atoms with Gasteiger partial charge in [-0.3, -0.25) is 0 Å². The molecule has 1 saturated carbocycles. The molecule has 1 aromatic heterocycles. The van der Waals surface area contributed by atoms with Crippen LogP contribution in [0.1, 0.15) is 25.7 Å². The van der Waals surface area contributed by atoms with Crippen LogP contribution in [0.4, 0.5) is 5.95 Å². The van der Waals surface area contributed by atoms with Crippen LogP contribution in [0.15, 0.2) is 12.4 Å². The Labute approximate surface area is 118 Å². The Balaban J connectivity index is 1.52. The largest absolute Gasteiger partial charge is 0.341 e. The average Bonchev–Trinajstić information content (AvgIpc) is 3.20. The van der Waals surface area contributed by atoms with Gasteiger partial charge in [0.15, 0.2) is 0 Å². The molecule has 2 fully saturated rings. The molecule has 2 atom stereocenters. The monoisotopic (exact) mass is 279 g/mol. The third-order valence-electron chi connectivity index (χ3n) is 4.41. The number of hydrogen-bond donors (Lipinski definition) is 0. The maximum Gasteiger partial charge on any atom is 0.225 e. The zero-order valence-electron chi connectivity index (χ0n) is 10.8. The van der Waals surface area contributed by atoms with Gasteiger partial charge in [0.25, 0.3) is 0 Å². The zero-order valence-corrected chi connectivity index (χ0v) is 11.6. The summed E-state index contributed by atoms with van der Waals surface area (Å²) < 4.78 is 0. The second-order valence-electron chi connectivity index (χ2n) is 5.59. The Kier molecular flexibility index (Phi) is 3.69. The van der Waals surface area contributed by atoms with Crippen molar-refractivity contribution >= 4 is 23.8 Å². The molecule has 2 heterocycles. The van der Waals surface area contributed by atoms with Gasteiger partial charge in [0.05, 0.1) is 17.4 Å². The summed E-state index contributed by atoms with van der Waals surface area (Å²) in [6, 6.07) is 0. The second-order valence-corrected chi connectivity index (χ2v) is 6.02. The van der Waals surface area contributed by atoms with Crippen LogP contribution < -0.4 is 4.90 Å². The van der Waals surface area contributed by atoms with Gasteiger partial charge in [-0.1, -0.05) is 11.6 Å². The maximum atomic E-state index is 10.5. The minimum absolute atomic E-state index is 0.577. The summed E-state index contributed by atoms with van der Waals surface area (Å²) in [6.45, 7) is 2.02. The van der Waals surface area contributed by atoms with Crippen LogP contribution in [0.25, 0.3) is 0 Å². The van der Waals surface area contributed by atoms with Crippen molar-refractivity contribution in [3.05, 3.63) is 17.4 Å². The average molecular weight is 280 g/mol. The van der Waals surface area contributed by atoms with Gasteiger partial charge in [0.2, 0.25) is 5.95 Å². The number of aldehydes is 1. The van der Waals surface area contributed by atoms with Crippen molar-refractivity contribution in [2.45, 2.75) is 25.7 Å². The lowest BCUT2D eigenvalue weighted by atomic mass is 9.91. The third kappa shape index (κ3) is 2.89. The van der Waals surface area contributed by atoms with Crippen molar-refractivity contribution in [2.24, 2.45) is 17.8 Å². The van der Waals surface area contributed by atoms with E-state index in [1.54, 1.807) is 12.4 Å². The van der Waals surface area contributed by atoms with Crippen molar-refractivity contribution < 1.29 is 4.79 Å². The Morgan fingerprint density at radius 1 is 1.32 bits per heavy atom.